The second kappa shape index (κ2) is 9.73. The molecule has 8 heteroatoms. The third-order valence-electron chi connectivity index (χ3n) is 5.02. The van der Waals surface area contributed by atoms with E-state index in [0.717, 1.165) is 64.6 Å². The van der Waals surface area contributed by atoms with Crippen molar-refractivity contribution in [3.63, 3.8) is 0 Å². The van der Waals surface area contributed by atoms with Crippen LogP contribution in [0.3, 0.4) is 0 Å². The molecule has 7 nitrogen and oxygen atoms in total. The van der Waals surface area contributed by atoms with Crippen LogP contribution < -0.4 is 5.32 Å². The number of hydrogen-bond donors (Lipinski definition) is 1. The molecule has 0 amide bonds. The third-order valence-corrected chi connectivity index (χ3v) is 6.32. The second-order valence-corrected chi connectivity index (χ2v) is 9.04. The highest BCUT2D eigenvalue weighted by Gasteiger charge is 2.27. The fourth-order valence-corrected chi connectivity index (χ4v) is 4.38. The number of aliphatic imine (C=N–C) groups is 1. The highest BCUT2D eigenvalue weighted by molar-refractivity contribution is 7.88. The zero-order valence-corrected chi connectivity index (χ0v) is 16.7. The fourth-order valence-electron chi connectivity index (χ4n) is 3.51. The number of nitrogens with zero attached hydrogens (tertiary/aromatic N) is 3. The summed E-state index contributed by atoms with van der Waals surface area (Å²) in [5.74, 6) is 2.04. The van der Waals surface area contributed by atoms with Crippen molar-refractivity contribution in [3.05, 3.63) is 0 Å². The molecule has 0 aromatic rings. The first-order valence-electron chi connectivity index (χ1n) is 9.50. The summed E-state index contributed by atoms with van der Waals surface area (Å²) in [6.45, 7) is 10.6. The Balaban J connectivity index is 1.84. The molecule has 25 heavy (non-hydrogen) atoms. The van der Waals surface area contributed by atoms with E-state index in [9.17, 15) is 8.42 Å². The van der Waals surface area contributed by atoms with E-state index >= 15 is 0 Å². The van der Waals surface area contributed by atoms with Crippen LogP contribution in [0, 0.1) is 11.8 Å². The van der Waals surface area contributed by atoms with E-state index in [4.69, 9.17) is 9.73 Å². The molecule has 2 rings (SSSR count). The van der Waals surface area contributed by atoms with Crippen molar-refractivity contribution in [2.75, 3.05) is 58.7 Å². The van der Waals surface area contributed by atoms with Crippen molar-refractivity contribution < 1.29 is 13.2 Å². The third kappa shape index (κ3) is 6.42. The topological polar surface area (TPSA) is 74.2 Å². The maximum Gasteiger partial charge on any atom is 0.211 e. The number of piperidine rings is 1. The Hall–Kier alpha value is -0.860. The maximum absolute atomic E-state index is 11.6. The summed E-state index contributed by atoms with van der Waals surface area (Å²) in [6.07, 6.45) is 4.23. The van der Waals surface area contributed by atoms with Gasteiger partial charge < -0.3 is 15.0 Å². The van der Waals surface area contributed by atoms with Crippen LogP contribution >= 0.6 is 0 Å². The summed E-state index contributed by atoms with van der Waals surface area (Å²) in [4.78, 5) is 7.18. The summed E-state index contributed by atoms with van der Waals surface area (Å²) >= 11 is 0. The number of hydrogen-bond acceptors (Lipinski definition) is 4. The molecular weight excluding hydrogens is 340 g/mol. The number of sulfonamides is 1. The number of guanidine groups is 1. The van der Waals surface area contributed by atoms with E-state index in [1.54, 1.807) is 4.31 Å². The molecule has 1 N–H and O–H groups in total. The molecule has 2 heterocycles. The first-order chi connectivity index (χ1) is 11.9. The van der Waals surface area contributed by atoms with Gasteiger partial charge in [0.05, 0.1) is 12.9 Å². The van der Waals surface area contributed by atoms with E-state index < -0.39 is 10.0 Å². The van der Waals surface area contributed by atoms with Crippen LogP contribution in [-0.4, -0.2) is 82.3 Å². The average molecular weight is 375 g/mol. The molecule has 2 aliphatic rings. The fraction of sp³-hybridized carbons (Fsp3) is 0.941. The molecule has 0 aromatic carbocycles. The van der Waals surface area contributed by atoms with E-state index in [1.807, 2.05) is 6.92 Å². The van der Waals surface area contributed by atoms with Crippen LogP contribution in [0.5, 0.6) is 0 Å². The van der Waals surface area contributed by atoms with Crippen LogP contribution in [0.4, 0.5) is 0 Å². The van der Waals surface area contributed by atoms with Crippen molar-refractivity contribution in [1.29, 1.82) is 0 Å². The molecule has 2 aliphatic heterocycles. The monoisotopic (exact) mass is 374 g/mol. The highest BCUT2D eigenvalue weighted by atomic mass is 32.2. The van der Waals surface area contributed by atoms with Crippen molar-refractivity contribution in [3.8, 4) is 0 Å². The van der Waals surface area contributed by atoms with Gasteiger partial charge in [-0.25, -0.2) is 12.7 Å². The van der Waals surface area contributed by atoms with Gasteiger partial charge in [-0.1, -0.05) is 0 Å². The van der Waals surface area contributed by atoms with Crippen molar-refractivity contribution in [2.24, 2.45) is 16.8 Å². The van der Waals surface area contributed by atoms with E-state index in [1.165, 1.54) is 6.26 Å². The van der Waals surface area contributed by atoms with Gasteiger partial charge in [-0.2, -0.15) is 0 Å². The molecule has 0 aromatic heterocycles. The summed E-state index contributed by atoms with van der Waals surface area (Å²) in [5.41, 5.74) is 0. The van der Waals surface area contributed by atoms with Crippen molar-refractivity contribution in [2.45, 2.75) is 33.1 Å². The first-order valence-corrected chi connectivity index (χ1v) is 11.3. The van der Waals surface area contributed by atoms with E-state index in [2.05, 4.69) is 17.1 Å². The lowest BCUT2D eigenvalue weighted by atomic mass is 9.98. The molecule has 146 valence electrons. The van der Waals surface area contributed by atoms with Gasteiger partial charge >= 0.3 is 0 Å². The Morgan fingerprint density at radius 1 is 1.16 bits per heavy atom. The summed E-state index contributed by atoms with van der Waals surface area (Å²) in [6, 6.07) is 0. The SMILES string of the molecule is CCNC(=NCC1CCN(S(C)(=O)=O)CC1)N1CCC(COCC)C1. The highest BCUT2D eigenvalue weighted by Crippen LogP contribution is 2.20. The molecule has 0 saturated carbocycles. The smallest absolute Gasteiger partial charge is 0.211 e. The Morgan fingerprint density at radius 2 is 1.84 bits per heavy atom. The van der Waals surface area contributed by atoms with Crippen LogP contribution in [0.1, 0.15) is 33.1 Å². The Labute approximate surface area is 152 Å². The first kappa shape index (κ1) is 20.5. The van der Waals surface area contributed by atoms with Crippen molar-refractivity contribution >= 4 is 16.0 Å². The Bertz CT molecular complexity index is 530. The Kier molecular flexibility index (Phi) is 7.96. The molecule has 1 atom stereocenters. The number of rotatable bonds is 7. The molecule has 0 spiro atoms. The average Bonchev–Trinajstić information content (AvgIpc) is 3.05. The van der Waals surface area contributed by atoms with Gasteiger partial charge in [0.15, 0.2) is 5.96 Å². The maximum atomic E-state index is 11.6. The largest absolute Gasteiger partial charge is 0.381 e. The van der Waals surface area contributed by atoms with Crippen LogP contribution in [-0.2, 0) is 14.8 Å². The zero-order valence-electron chi connectivity index (χ0n) is 15.9. The molecule has 1 unspecified atom stereocenters. The zero-order chi connectivity index (χ0) is 18.3. The predicted molar refractivity (Wildman–Crippen MR) is 101 cm³/mol. The number of ether oxygens (including phenoxy) is 1. The lowest BCUT2D eigenvalue weighted by Gasteiger charge is -2.30. The second-order valence-electron chi connectivity index (χ2n) is 7.06. The molecule has 0 aliphatic carbocycles. The van der Waals surface area contributed by atoms with Gasteiger partial charge in [-0.3, -0.25) is 4.99 Å². The van der Waals surface area contributed by atoms with Gasteiger partial charge in [0.1, 0.15) is 0 Å². The quantitative estimate of drug-likeness (QED) is 0.531. The van der Waals surface area contributed by atoms with Crippen molar-refractivity contribution in [1.82, 2.24) is 14.5 Å². The van der Waals surface area contributed by atoms with E-state index in [-0.39, 0.29) is 0 Å². The van der Waals surface area contributed by atoms with Crippen LogP contribution in [0.2, 0.25) is 0 Å². The standard InChI is InChI=1S/C17H34N4O3S/c1-4-18-17(20-9-6-16(13-20)14-24-5-2)19-12-15-7-10-21(11-8-15)25(3,22)23/h15-16H,4-14H2,1-3H3,(H,18,19). The molecule has 2 saturated heterocycles. The molecule has 2 fully saturated rings. The summed E-state index contributed by atoms with van der Waals surface area (Å²) < 4.78 is 30.3. The van der Waals surface area contributed by atoms with Gasteiger partial charge in [0.25, 0.3) is 0 Å². The summed E-state index contributed by atoms with van der Waals surface area (Å²) in [5, 5.41) is 3.40. The molecule has 0 bridgehead atoms. The normalized spacial score (nSPS) is 24.0. The van der Waals surface area contributed by atoms with Crippen LogP contribution in [0.25, 0.3) is 0 Å². The molecule has 0 radical (unpaired) electrons. The minimum absolute atomic E-state index is 0.466. The molecular formula is C17H34N4O3S. The lowest BCUT2D eigenvalue weighted by molar-refractivity contribution is 0.114. The number of likely N-dealkylation sites (tertiary alicyclic amines) is 1. The van der Waals surface area contributed by atoms with Gasteiger partial charge in [-0.05, 0) is 39.0 Å². The lowest BCUT2D eigenvalue weighted by Crippen LogP contribution is -2.41. The number of nitrogens with one attached hydrogen (secondary N) is 1. The minimum Gasteiger partial charge on any atom is -0.381 e. The predicted octanol–water partition coefficient (Wildman–Crippen LogP) is 0.982. The van der Waals surface area contributed by atoms with Gasteiger partial charge in [0, 0.05) is 51.8 Å². The van der Waals surface area contributed by atoms with Crippen LogP contribution in [0.15, 0.2) is 4.99 Å². The van der Waals surface area contributed by atoms with Gasteiger partial charge in [0.2, 0.25) is 10.0 Å². The van der Waals surface area contributed by atoms with E-state index in [0.29, 0.717) is 24.9 Å². The van der Waals surface area contributed by atoms with Gasteiger partial charge in [-0.15, -0.1) is 0 Å². The minimum atomic E-state index is -3.05. The summed E-state index contributed by atoms with van der Waals surface area (Å²) in [7, 11) is -3.05. The Morgan fingerprint density at radius 3 is 2.44 bits per heavy atom.